The van der Waals surface area contributed by atoms with Gasteiger partial charge in [-0.05, 0) is 79.2 Å². The Morgan fingerprint density at radius 3 is 2.25 bits per heavy atom. The Bertz CT molecular complexity index is 3010. The standard InChI is InChI=1S/C53H50F4N4O4/c1-6-8-13-34(7-2)30-61-45-27-24-37(47(60-65-33(4)62)41-16-11-12-17-46(41)64-31-53(56,57)52(54)55)28-42(45)43-29-44(39-14-9-10-15-40(39)50(43)61)51-58-48(35-20-18-32(3)19-21-35)49(59-51)36-22-25-38(63-5)26-23-36/h9-12,14-29,34,52H,6-8,13,30-31H2,1-5H3,(H,58,59)/b60-47+. The molecule has 8 nitrogen and oxygen atoms in total. The van der Waals surface area contributed by atoms with Gasteiger partial charge >= 0.3 is 18.3 Å². The van der Waals surface area contributed by atoms with E-state index in [1.54, 1.807) is 19.2 Å². The summed E-state index contributed by atoms with van der Waals surface area (Å²) in [4.78, 5) is 26.5. The molecule has 0 aliphatic heterocycles. The molecular weight excluding hydrogens is 833 g/mol. The minimum absolute atomic E-state index is 0.0901. The molecule has 2 aromatic heterocycles. The van der Waals surface area contributed by atoms with Gasteiger partial charge in [0.2, 0.25) is 0 Å². The average Bonchev–Trinajstić information content (AvgIpc) is 3.89. The predicted molar refractivity (Wildman–Crippen MR) is 250 cm³/mol. The summed E-state index contributed by atoms with van der Waals surface area (Å²) in [6.45, 7) is 6.85. The second-order valence-corrected chi connectivity index (χ2v) is 16.4. The fourth-order valence-electron chi connectivity index (χ4n) is 8.45. The molecule has 1 N–H and O–H groups in total. The van der Waals surface area contributed by atoms with Gasteiger partial charge < -0.3 is 23.9 Å². The molecule has 0 radical (unpaired) electrons. The van der Waals surface area contributed by atoms with Crippen LogP contribution >= 0.6 is 0 Å². The van der Waals surface area contributed by atoms with E-state index >= 15 is 0 Å². The number of aromatic nitrogens is 3. The number of ether oxygens (including phenoxy) is 2. The highest BCUT2D eigenvalue weighted by molar-refractivity contribution is 6.23. The molecule has 0 spiro atoms. The number of para-hydroxylation sites is 1. The highest BCUT2D eigenvalue weighted by Crippen LogP contribution is 2.43. The highest BCUT2D eigenvalue weighted by Gasteiger charge is 2.42. The first kappa shape index (κ1) is 44.6. The van der Waals surface area contributed by atoms with Crippen molar-refractivity contribution in [2.24, 2.45) is 11.1 Å². The predicted octanol–water partition coefficient (Wildman–Crippen LogP) is 13.8. The van der Waals surface area contributed by atoms with Crippen molar-refractivity contribution in [2.75, 3.05) is 13.7 Å². The summed E-state index contributed by atoms with van der Waals surface area (Å²) in [6.07, 6.45) is 0.303. The quantitative estimate of drug-likeness (QED) is 0.0426. The Morgan fingerprint density at radius 2 is 1.55 bits per heavy atom. The number of H-pyrrole nitrogens is 1. The molecule has 1 atom stereocenters. The van der Waals surface area contributed by atoms with Gasteiger partial charge in [-0.25, -0.2) is 18.6 Å². The van der Waals surface area contributed by atoms with E-state index in [1.165, 1.54) is 19.1 Å². The van der Waals surface area contributed by atoms with E-state index in [0.717, 1.165) is 104 Å². The third-order valence-corrected chi connectivity index (χ3v) is 11.9. The molecule has 334 valence electrons. The zero-order valence-corrected chi connectivity index (χ0v) is 36.9. The molecule has 1 unspecified atom stereocenters. The van der Waals surface area contributed by atoms with Crippen molar-refractivity contribution in [3.63, 3.8) is 0 Å². The number of unbranched alkanes of at least 4 members (excludes halogenated alkanes) is 1. The van der Waals surface area contributed by atoms with Crippen LogP contribution in [-0.2, 0) is 16.2 Å². The summed E-state index contributed by atoms with van der Waals surface area (Å²) < 4.78 is 68.0. The van der Waals surface area contributed by atoms with E-state index < -0.39 is 24.9 Å². The van der Waals surface area contributed by atoms with E-state index in [4.69, 9.17) is 19.3 Å². The lowest BCUT2D eigenvalue weighted by atomic mass is 9.97. The zero-order valence-electron chi connectivity index (χ0n) is 36.9. The van der Waals surface area contributed by atoms with Crippen LogP contribution in [0.25, 0.3) is 66.5 Å². The van der Waals surface area contributed by atoms with E-state index in [1.807, 2.05) is 54.6 Å². The van der Waals surface area contributed by atoms with Gasteiger partial charge in [-0.3, -0.25) is 0 Å². The van der Waals surface area contributed by atoms with E-state index in [0.29, 0.717) is 17.3 Å². The second kappa shape index (κ2) is 19.0. The lowest BCUT2D eigenvalue weighted by Crippen LogP contribution is -2.34. The number of aromatic amines is 1. The van der Waals surface area contributed by atoms with Gasteiger partial charge in [0.25, 0.3) is 0 Å². The molecule has 0 saturated carbocycles. The lowest BCUT2D eigenvalue weighted by Gasteiger charge is -2.19. The molecule has 0 saturated heterocycles. The second-order valence-electron chi connectivity index (χ2n) is 16.4. The Hall–Kier alpha value is -6.95. The van der Waals surface area contributed by atoms with Crippen molar-refractivity contribution in [3.05, 3.63) is 138 Å². The van der Waals surface area contributed by atoms with Gasteiger partial charge in [0.05, 0.1) is 24.0 Å². The van der Waals surface area contributed by atoms with Crippen LogP contribution in [0.1, 0.15) is 63.1 Å². The van der Waals surface area contributed by atoms with Crippen LogP contribution in [0.2, 0.25) is 0 Å². The van der Waals surface area contributed by atoms with Crippen LogP contribution in [0.3, 0.4) is 0 Å². The van der Waals surface area contributed by atoms with E-state index in [9.17, 15) is 22.4 Å². The maximum Gasteiger partial charge on any atom is 0.340 e. The minimum Gasteiger partial charge on any atom is -0.497 e. The summed E-state index contributed by atoms with van der Waals surface area (Å²) in [5, 5.41) is 8.02. The first-order chi connectivity index (χ1) is 31.4. The molecule has 8 rings (SSSR count). The molecule has 0 amide bonds. The molecule has 8 aromatic rings. The molecule has 2 heterocycles. The number of halogens is 4. The third kappa shape index (κ3) is 9.20. The topological polar surface area (TPSA) is 90.7 Å². The van der Waals surface area contributed by atoms with Gasteiger partial charge in [-0.15, -0.1) is 0 Å². The number of carbonyl (C=O) groups excluding carboxylic acids is 1. The van der Waals surface area contributed by atoms with Crippen LogP contribution in [0, 0.1) is 12.8 Å². The largest absolute Gasteiger partial charge is 0.497 e. The fraction of sp³-hybridized carbons (Fsp3) is 0.264. The number of hydrogen-bond donors (Lipinski definition) is 1. The minimum atomic E-state index is -4.40. The average molecular weight is 883 g/mol. The number of nitrogens with one attached hydrogen (secondary N) is 1. The highest BCUT2D eigenvalue weighted by atomic mass is 19.3. The first-order valence-electron chi connectivity index (χ1n) is 21.8. The number of rotatable bonds is 17. The fourth-order valence-corrected chi connectivity index (χ4v) is 8.45. The van der Waals surface area contributed by atoms with Crippen LogP contribution in [0.5, 0.6) is 11.5 Å². The summed E-state index contributed by atoms with van der Waals surface area (Å²) >= 11 is 0. The lowest BCUT2D eigenvalue weighted by molar-refractivity contribution is -0.148. The summed E-state index contributed by atoms with van der Waals surface area (Å²) in [5.74, 6) is -3.46. The molecule has 6 aromatic carbocycles. The molecule has 0 bridgehead atoms. The Labute approximate surface area is 374 Å². The first-order valence-corrected chi connectivity index (χ1v) is 21.8. The van der Waals surface area contributed by atoms with Crippen LogP contribution in [-0.4, -0.2) is 52.3 Å². The van der Waals surface area contributed by atoms with Gasteiger partial charge in [-0.1, -0.05) is 111 Å². The Balaban J connectivity index is 1.38. The number of aryl methyl sites for hydroxylation is 1. The third-order valence-electron chi connectivity index (χ3n) is 11.9. The summed E-state index contributed by atoms with van der Waals surface area (Å²) in [5.41, 5.74) is 8.25. The molecule has 65 heavy (non-hydrogen) atoms. The zero-order chi connectivity index (χ0) is 45.8. The van der Waals surface area contributed by atoms with E-state index in [-0.39, 0.29) is 17.0 Å². The van der Waals surface area contributed by atoms with Gasteiger partial charge in [-0.2, -0.15) is 8.78 Å². The van der Waals surface area contributed by atoms with Gasteiger partial charge in [0.15, 0.2) is 6.61 Å². The molecule has 0 fully saturated rings. The Kier molecular flexibility index (Phi) is 13.1. The number of oxime groups is 1. The summed E-state index contributed by atoms with van der Waals surface area (Å²) in [6, 6.07) is 38.5. The number of benzene rings is 6. The van der Waals surface area contributed by atoms with Crippen LogP contribution in [0.4, 0.5) is 17.6 Å². The maximum atomic E-state index is 14.2. The molecule has 0 aliphatic rings. The molecular formula is C53H50F4N4O4. The SMILES string of the molecule is CCCCC(CC)Cn1c2ccc(/C(=N\OC(C)=O)c3ccccc3OCC(F)(F)C(F)F)cc2c2cc(-c3nc(-c4ccc(C)cc4)c(-c4ccc(OC)cc4)[nH]3)c3ccccc3c21. The van der Waals surface area contributed by atoms with Crippen molar-refractivity contribution in [3.8, 4) is 45.4 Å². The number of hydrogen-bond acceptors (Lipinski definition) is 6. The van der Waals surface area contributed by atoms with Crippen molar-refractivity contribution in [1.29, 1.82) is 0 Å². The van der Waals surface area contributed by atoms with Crippen molar-refractivity contribution >= 4 is 44.3 Å². The van der Waals surface area contributed by atoms with Crippen LogP contribution in [0.15, 0.2) is 126 Å². The smallest absolute Gasteiger partial charge is 0.340 e. The number of methoxy groups -OCH3 is 1. The van der Waals surface area contributed by atoms with E-state index in [2.05, 4.69) is 77.9 Å². The van der Waals surface area contributed by atoms with Crippen molar-refractivity contribution in [2.45, 2.75) is 72.3 Å². The van der Waals surface area contributed by atoms with Gasteiger partial charge in [0, 0.05) is 63.0 Å². The number of nitrogens with zero attached hydrogens (tertiary/aromatic N) is 3. The number of fused-ring (bicyclic) bond motifs is 5. The number of imidazole rings is 1. The number of alkyl halides is 4. The van der Waals surface area contributed by atoms with Crippen LogP contribution < -0.4 is 9.47 Å². The Morgan fingerprint density at radius 1 is 0.846 bits per heavy atom. The normalized spacial score (nSPS) is 12.7. The van der Waals surface area contributed by atoms with Gasteiger partial charge in [0.1, 0.15) is 23.0 Å². The monoisotopic (exact) mass is 882 g/mol. The number of carbonyl (C=O) groups is 1. The van der Waals surface area contributed by atoms with Crippen molar-refractivity contribution < 1.29 is 36.7 Å². The molecule has 0 aliphatic carbocycles. The van der Waals surface area contributed by atoms with Crippen molar-refractivity contribution in [1.82, 2.24) is 14.5 Å². The summed E-state index contributed by atoms with van der Waals surface area (Å²) in [7, 11) is 1.64. The molecule has 12 heteroatoms. The maximum absolute atomic E-state index is 14.2.